The Labute approximate surface area is 90.8 Å². The number of halogens is 2. The Morgan fingerprint density at radius 1 is 1.40 bits per heavy atom. The summed E-state index contributed by atoms with van der Waals surface area (Å²) >= 11 is 0.972. The van der Waals surface area contributed by atoms with Crippen LogP contribution in [0.25, 0.3) is 0 Å². The van der Waals surface area contributed by atoms with Crippen LogP contribution in [0.15, 0.2) is 29.2 Å². The first-order chi connectivity index (χ1) is 7.15. The van der Waals surface area contributed by atoms with Crippen molar-refractivity contribution in [2.45, 2.75) is 11.3 Å². The second kappa shape index (κ2) is 5.82. The standard InChI is InChI=1S/C10H11F2NOS/c11-10(12)6-15-9-4-2-1-3-7(9)8(14)5-13/h1-4,10H,5-6,13H2. The zero-order valence-corrected chi connectivity index (χ0v) is 8.77. The van der Waals surface area contributed by atoms with Crippen molar-refractivity contribution in [3.8, 4) is 0 Å². The summed E-state index contributed by atoms with van der Waals surface area (Å²) in [5, 5.41) is 0. The largest absolute Gasteiger partial charge is 0.324 e. The third kappa shape index (κ3) is 3.60. The van der Waals surface area contributed by atoms with Crippen LogP contribution in [0.1, 0.15) is 10.4 Å². The van der Waals surface area contributed by atoms with Crippen molar-refractivity contribution >= 4 is 17.5 Å². The van der Waals surface area contributed by atoms with Crippen LogP contribution in [0.4, 0.5) is 8.78 Å². The highest BCUT2D eigenvalue weighted by Crippen LogP contribution is 2.24. The third-order valence-corrected chi connectivity index (χ3v) is 2.82. The normalized spacial score (nSPS) is 10.7. The van der Waals surface area contributed by atoms with Crippen LogP contribution in [0.3, 0.4) is 0 Å². The van der Waals surface area contributed by atoms with Gasteiger partial charge in [-0.3, -0.25) is 4.79 Å². The third-order valence-electron chi connectivity index (χ3n) is 1.74. The summed E-state index contributed by atoms with van der Waals surface area (Å²) in [4.78, 5) is 11.9. The molecule has 0 aliphatic heterocycles. The number of hydrogen-bond acceptors (Lipinski definition) is 3. The van der Waals surface area contributed by atoms with Gasteiger partial charge in [0.1, 0.15) is 0 Å². The highest BCUT2D eigenvalue weighted by atomic mass is 32.2. The monoisotopic (exact) mass is 231 g/mol. The van der Waals surface area contributed by atoms with Crippen LogP contribution in [0, 0.1) is 0 Å². The first kappa shape index (κ1) is 12.1. The molecular formula is C10H11F2NOS. The summed E-state index contributed by atoms with van der Waals surface area (Å²) < 4.78 is 24.0. The SMILES string of the molecule is NCC(=O)c1ccccc1SCC(F)F. The summed E-state index contributed by atoms with van der Waals surface area (Å²) in [7, 11) is 0. The van der Waals surface area contributed by atoms with Crippen LogP contribution in [-0.4, -0.2) is 24.5 Å². The van der Waals surface area contributed by atoms with Crippen LogP contribution in [0.5, 0.6) is 0 Å². The second-order valence-electron chi connectivity index (χ2n) is 2.83. The van der Waals surface area contributed by atoms with Gasteiger partial charge in [0.15, 0.2) is 5.78 Å². The second-order valence-corrected chi connectivity index (χ2v) is 3.89. The van der Waals surface area contributed by atoms with Crippen molar-refractivity contribution in [1.82, 2.24) is 0 Å². The van der Waals surface area contributed by atoms with E-state index in [2.05, 4.69) is 0 Å². The van der Waals surface area contributed by atoms with E-state index in [1.807, 2.05) is 0 Å². The molecule has 2 nitrogen and oxygen atoms in total. The van der Waals surface area contributed by atoms with Crippen LogP contribution >= 0.6 is 11.8 Å². The summed E-state index contributed by atoms with van der Waals surface area (Å²) in [5.41, 5.74) is 5.64. The average Bonchev–Trinajstić information content (AvgIpc) is 2.25. The topological polar surface area (TPSA) is 43.1 Å². The lowest BCUT2D eigenvalue weighted by atomic mass is 10.1. The van der Waals surface area contributed by atoms with Crippen molar-refractivity contribution in [3.05, 3.63) is 29.8 Å². The number of nitrogens with two attached hydrogens (primary N) is 1. The first-order valence-electron chi connectivity index (χ1n) is 4.38. The lowest BCUT2D eigenvalue weighted by molar-refractivity contribution is 0.0998. The van der Waals surface area contributed by atoms with Gasteiger partial charge >= 0.3 is 0 Å². The molecule has 15 heavy (non-hydrogen) atoms. The molecule has 0 heterocycles. The van der Waals surface area contributed by atoms with Crippen molar-refractivity contribution in [1.29, 1.82) is 0 Å². The molecule has 0 saturated carbocycles. The predicted octanol–water partition coefficient (Wildman–Crippen LogP) is 2.19. The molecule has 1 aromatic carbocycles. The Bertz CT molecular complexity index is 344. The molecule has 0 atom stereocenters. The molecule has 5 heteroatoms. The minimum absolute atomic E-state index is 0.105. The minimum Gasteiger partial charge on any atom is -0.324 e. The number of ketones is 1. The molecule has 1 rings (SSSR count). The van der Waals surface area contributed by atoms with E-state index < -0.39 is 6.43 Å². The zero-order valence-electron chi connectivity index (χ0n) is 7.95. The molecule has 0 radical (unpaired) electrons. The van der Waals surface area contributed by atoms with Gasteiger partial charge in [0, 0.05) is 10.5 Å². The fourth-order valence-electron chi connectivity index (χ4n) is 1.09. The van der Waals surface area contributed by atoms with E-state index in [-0.39, 0.29) is 18.1 Å². The van der Waals surface area contributed by atoms with E-state index in [9.17, 15) is 13.6 Å². The average molecular weight is 231 g/mol. The summed E-state index contributed by atoms with van der Waals surface area (Å²) in [6.45, 7) is -0.105. The van der Waals surface area contributed by atoms with E-state index in [0.29, 0.717) is 10.5 Å². The van der Waals surface area contributed by atoms with E-state index in [1.165, 1.54) is 0 Å². The number of rotatable bonds is 5. The number of hydrogen-bond donors (Lipinski definition) is 1. The molecule has 0 aliphatic carbocycles. The molecule has 0 spiro atoms. The molecule has 82 valence electrons. The summed E-state index contributed by atoms with van der Waals surface area (Å²) in [6.07, 6.45) is -2.38. The van der Waals surface area contributed by atoms with Gasteiger partial charge in [-0.2, -0.15) is 0 Å². The fraction of sp³-hybridized carbons (Fsp3) is 0.300. The van der Waals surface area contributed by atoms with Gasteiger partial charge in [0.2, 0.25) is 6.43 Å². The quantitative estimate of drug-likeness (QED) is 0.624. The first-order valence-corrected chi connectivity index (χ1v) is 5.37. The maximum Gasteiger partial charge on any atom is 0.247 e. The Hall–Kier alpha value is -0.940. The van der Waals surface area contributed by atoms with Crippen LogP contribution in [0.2, 0.25) is 0 Å². The molecule has 1 aromatic rings. The van der Waals surface area contributed by atoms with Gasteiger partial charge < -0.3 is 5.73 Å². The number of carbonyl (C=O) groups excluding carboxylic acids is 1. The van der Waals surface area contributed by atoms with E-state index in [1.54, 1.807) is 24.3 Å². The van der Waals surface area contributed by atoms with Gasteiger partial charge in [-0.05, 0) is 6.07 Å². The molecule has 0 amide bonds. The number of Topliss-reactive ketones (excluding diaryl/α,β-unsaturated/α-hetero) is 1. The molecule has 0 aromatic heterocycles. The van der Waals surface area contributed by atoms with Crippen LogP contribution < -0.4 is 5.73 Å². The Kier molecular flexibility index (Phi) is 4.71. The summed E-state index contributed by atoms with van der Waals surface area (Å²) in [5.74, 6) is -0.540. The summed E-state index contributed by atoms with van der Waals surface area (Å²) in [6, 6.07) is 6.65. The Balaban J connectivity index is 2.81. The van der Waals surface area contributed by atoms with E-state index in [0.717, 1.165) is 11.8 Å². The van der Waals surface area contributed by atoms with Crippen molar-refractivity contribution in [2.75, 3.05) is 12.3 Å². The molecule has 0 unspecified atom stereocenters. The smallest absolute Gasteiger partial charge is 0.247 e. The highest BCUT2D eigenvalue weighted by Gasteiger charge is 2.11. The Morgan fingerprint density at radius 2 is 2.07 bits per heavy atom. The van der Waals surface area contributed by atoms with Crippen LogP contribution in [-0.2, 0) is 0 Å². The molecular weight excluding hydrogens is 220 g/mol. The number of carbonyl (C=O) groups is 1. The van der Waals surface area contributed by atoms with Gasteiger partial charge in [-0.1, -0.05) is 18.2 Å². The van der Waals surface area contributed by atoms with Gasteiger partial charge in [0.25, 0.3) is 0 Å². The maximum atomic E-state index is 12.0. The van der Waals surface area contributed by atoms with E-state index in [4.69, 9.17) is 5.73 Å². The van der Waals surface area contributed by atoms with E-state index >= 15 is 0 Å². The maximum absolute atomic E-state index is 12.0. The molecule has 0 bridgehead atoms. The molecule has 0 saturated heterocycles. The lowest BCUT2D eigenvalue weighted by Crippen LogP contribution is -2.14. The minimum atomic E-state index is -2.38. The molecule has 0 aliphatic rings. The van der Waals surface area contributed by atoms with Crippen molar-refractivity contribution in [2.24, 2.45) is 5.73 Å². The number of alkyl halides is 2. The number of thioether (sulfide) groups is 1. The lowest BCUT2D eigenvalue weighted by Gasteiger charge is -2.06. The molecule has 0 fully saturated rings. The van der Waals surface area contributed by atoms with Crippen molar-refractivity contribution in [3.63, 3.8) is 0 Å². The van der Waals surface area contributed by atoms with Crippen molar-refractivity contribution < 1.29 is 13.6 Å². The van der Waals surface area contributed by atoms with Gasteiger partial charge in [-0.25, -0.2) is 8.78 Å². The van der Waals surface area contributed by atoms with Gasteiger partial charge in [0.05, 0.1) is 12.3 Å². The Morgan fingerprint density at radius 3 is 2.67 bits per heavy atom. The predicted molar refractivity (Wildman–Crippen MR) is 56.6 cm³/mol. The number of benzene rings is 1. The molecule has 2 N–H and O–H groups in total. The highest BCUT2D eigenvalue weighted by molar-refractivity contribution is 7.99. The van der Waals surface area contributed by atoms with Gasteiger partial charge in [-0.15, -0.1) is 11.8 Å². The fourth-order valence-corrected chi connectivity index (χ4v) is 1.90. The zero-order chi connectivity index (χ0) is 11.3.